The van der Waals surface area contributed by atoms with E-state index in [1.807, 2.05) is 13.8 Å². The summed E-state index contributed by atoms with van der Waals surface area (Å²) in [6.07, 6.45) is 0. The van der Waals surface area contributed by atoms with Crippen LogP contribution in [0.25, 0.3) is 0 Å². The van der Waals surface area contributed by atoms with Crippen LogP contribution in [0.2, 0.25) is 0 Å². The van der Waals surface area contributed by atoms with Gasteiger partial charge in [-0.3, -0.25) is 9.59 Å². The fourth-order valence-electron chi connectivity index (χ4n) is 1.35. The van der Waals surface area contributed by atoms with Gasteiger partial charge in [-0.1, -0.05) is 26.1 Å². The summed E-state index contributed by atoms with van der Waals surface area (Å²) in [6, 6.07) is -0.590. The first-order valence-corrected chi connectivity index (χ1v) is 5.53. The van der Waals surface area contributed by atoms with E-state index in [0.717, 1.165) is 0 Å². The van der Waals surface area contributed by atoms with Gasteiger partial charge in [0.25, 0.3) is 0 Å². The number of nitrogens with one attached hydrogen (secondary N) is 2. The first kappa shape index (κ1) is 14.8. The minimum Gasteiger partial charge on any atom is -0.393 e. The van der Waals surface area contributed by atoms with Crippen LogP contribution in [0, 0.1) is 11.8 Å². The Morgan fingerprint density at radius 3 is 2.00 bits per heavy atom. The lowest BCUT2D eigenvalue weighted by Gasteiger charge is -2.21. The van der Waals surface area contributed by atoms with Crippen LogP contribution in [-0.4, -0.2) is 29.9 Å². The van der Waals surface area contributed by atoms with Gasteiger partial charge in [0.15, 0.2) is 0 Å². The number of hydrogen-bond acceptors (Lipinski definition) is 3. The molecule has 0 fully saturated rings. The highest BCUT2D eigenvalue weighted by Gasteiger charge is 2.27. The lowest BCUT2D eigenvalue weighted by Crippen LogP contribution is -2.49. The highest BCUT2D eigenvalue weighted by molar-refractivity contribution is 7.80. The van der Waals surface area contributed by atoms with E-state index >= 15 is 0 Å². The van der Waals surface area contributed by atoms with Gasteiger partial charge in [0.2, 0.25) is 11.8 Å². The maximum Gasteiger partial charge on any atom is 0.242 e. The van der Waals surface area contributed by atoms with Gasteiger partial charge in [-0.25, -0.2) is 0 Å². The molecule has 6 heteroatoms. The molecule has 0 rings (SSSR count). The summed E-state index contributed by atoms with van der Waals surface area (Å²) in [5.41, 5.74) is 5.49. The summed E-state index contributed by atoms with van der Waals surface area (Å²) < 4.78 is 0. The second kappa shape index (κ2) is 6.42. The predicted octanol–water partition coefficient (Wildman–Crippen LogP) is -0.205. The van der Waals surface area contributed by atoms with Crippen molar-refractivity contribution in [2.24, 2.45) is 17.6 Å². The standard InChI is InChI=1S/C10H19N3O2S/c1-5(2)7(8(11)16)10(15)13-6(3)9(14)12-4/h5-7H,1-4H3,(H2,11,16)(H,12,14)(H,13,15). The zero-order chi connectivity index (χ0) is 12.9. The number of hydrogen-bond donors (Lipinski definition) is 3. The molecule has 2 unspecified atom stereocenters. The minimum absolute atomic E-state index is 0.00869. The fourth-order valence-corrected chi connectivity index (χ4v) is 1.72. The van der Waals surface area contributed by atoms with Crippen molar-refractivity contribution >= 4 is 29.0 Å². The van der Waals surface area contributed by atoms with Crippen LogP contribution in [0.1, 0.15) is 20.8 Å². The summed E-state index contributed by atoms with van der Waals surface area (Å²) in [7, 11) is 1.51. The number of amides is 2. The average Bonchev–Trinajstić information content (AvgIpc) is 2.14. The van der Waals surface area contributed by atoms with E-state index < -0.39 is 12.0 Å². The maximum absolute atomic E-state index is 11.8. The number of nitrogens with two attached hydrogens (primary N) is 1. The molecule has 0 aromatic carbocycles. The van der Waals surface area contributed by atoms with Gasteiger partial charge in [-0.2, -0.15) is 0 Å². The molecule has 92 valence electrons. The highest BCUT2D eigenvalue weighted by Crippen LogP contribution is 2.11. The molecule has 0 saturated heterocycles. The molecule has 5 nitrogen and oxygen atoms in total. The molecule has 0 aliphatic rings. The largest absolute Gasteiger partial charge is 0.393 e. The van der Waals surface area contributed by atoms with E-state index in [9.17, 15) is 9.59 Å². The average molecular weight is 245 g/mol. The van der Waals surface area contributed by atoms with Crippen LogP contribution < -0.4 is 16.4 Å². The van der Waals surface area contributed by atoms with Crippen molar-refractivity contribution in [3.8, 4) is 0 Å². The second-order valence-corrected chi connectivity index (χ2v) is 4.44. The molecule has 0 aromatic rings. The molecule has 2 atom stereocenters. The monoisotopic (exact) mass is 245 g/mol. The maximum atomic E-state index is 11.8. The van der Waals surface area contributed by atoms with Gasteiger partial charge in [0, 0.05) is 7.05 Å². The Bertz CT molecular complexity index is 292. The van der Waals surface area contributed by atoms with E-state index in [2.05, 4.69) is 10.6 Å². The van der Waals surface area contributed by atoms with E-state index in [0.29, 0.717) is 0 Å². The molecular formula is C10H19N3O2S. The second-order valence-electron chi connectivity index (χ2n) is 3.97. The van der Waals surface area contributed by atoms with Crippen molar-refractivity contribution in [2.45, 2.75) is 26.8 Å². The molecule has 4 N–H and O–H groups in total. The molecular weight excluding hydrogens is 226 g/mol. The lowest BCUT2D eigenvalue weighted by molar-refractivity contribution is -0.129. The third kappa shape index (κ3) is 4.14. The van der Waals surface area contributed by atoms with Crippen LogP contribution in [0.4, 0.5) is 0 Å². The summed E-state index contributed by atoms with van der Waals surface area (Å²) in [6.45, 7) is 5.32. The third-order valence-electron chi connectivity index (χ3n) is 2.25. The summed E-state index contributed by atoms with van der Waals surface area (Å²) in [5, 5.41) is 5.02. The van der Waals surface area contributed by atoms with Gasteiger partial charge in [-0.15, -0.1) is 0 Å². The lowest BCUT2D eigenvalue weighted by atomic mass is 9.94. The first-order chi connectivity index (χ1) is 7.31. The van der Waals surface area contributed by atoms with Crippen molar-refractivity contribution in [2.75, 3.05) is 7.05 Å². The highest BCUT2D eigenvalue weighted by atomic mass is 32.1. The first-order valence-electron chi connectivity index (χ1n) is 5.12. The van der Waals surface area contributed by atoms with Crippen molar-refractivity contribution < 1.29 is 9.59 Å². The van der Waals surface area contributed by atoms with Crippen LogP contribution in [0.3, 0.4) is 0 Å². The quantitative estimate of drug-likeness (QED) is 0.585. The van der Waals surface area contributed by atoms with E-state index in [4.69, 9.17) is 18.0 Å². The Hall–Kier alpha value is -1.17. The van der Waals surface area contributed by atoms with Crippen molar-refractivity contribution in [3.63, 3.8) is 0 Å². The molecule has 0 aromatic heterocycles. The molecule has 0 aliphatic carbocycles. The number of thiocarbonyl (C=S) groups is 1. The van der Waals surface area contributed by atoms with Crippen LogP contribution in [0.15, 0.2) is 0 Å². The van der Waals surface area contributed by atoms with Gasteiger partial charge >= 0.3 is 0 Å². The number of rotatable bonds is 5. The van der Waals surface area contributed by atoms with Crippen molar-refractivity contribution in [3.05, 3.63) is 0 Å². The topological polar surface area (TPSA) is 84.2 Å². The normalized spacial score (nSPS) is 14.1. The molecule has 16 heavy (non-hydrogen) atoms. The zero-order valence-corrected chi connectivity index (χ0v) is 10.9. The SMILES string of the molecule is CNC(=O)C(C)NC(=O)C(C(N)=S)C(C)C. The Morgan fingerprint density at radius 2 is 1.69 bits per heavy atom. The number of carbonyl (C=O) groups excluding carboxylic acids is 2. The molecule has 0 heterocycles. The Kier molecular flexibility index (Phi) is 5.95. The number of carbonyl (C=O) groups is 2. The molecule has 0 bridgehead atoms. The van der Waals surface area contributed by atoms with Crippen molar-refractivity contribution in [1.82, 2.24) is 10.6 Å². The summed E-state index contributed by atoms with van der Waals surface area (Å²) in [5.74, 6) is -1.09. The third-order valence-corrected chi connectivity index (χ3v) is 2.51. The molecule has 0 radical (unpaired) electrons. The van der Waals surface area contributed by atoms with Gasteiger partial charge in [0.05, 0.1) is 10.9 Å². The number of likely N-dealkylation sites (N-methyl/N-ethyl adjacent to an activating group) is 1. The van der Waals surface area contributed by atoms with E-state index in [1.54, 1.807) is 6.92 Å². The zero-order valence-electron chi connectivity index (χ0n) is 10.0. The fraction of sp³-hybridized carbons (Fsp3) is 0.700. The van der Waals surface area contributed by atoms with Crippen molar-refractivity contribution in [1.29, 1.82) is 0 Å². The van der Waals surface area contributed by atoms with Crippen LogP contribution in [-0.2, 0) is 9.59 Å². The van der Waals surface area contributed by atoms with Gasteiger partial charge in [-0.05, 0) is 12.8 Å². The Labute approximate surface area is 101 Å². The molecule has 0 saturated carbocycles. The van der Waals surface area contributed by atoms with E-state index in [-0.39, 0.29) is 22.7 Å². The van der Waals surface area contributed by atoms with Gasteiger partial charge in [0.1, 0.15) is 6.04 Å². The van der Waals surface area contributed by atoms with Gasteiger partial charge < -0.3 is 16.4 Å². The minimum atomic E-state index is -0.590. The molecule has 2 amide bonds. The molecule has 0 spiro atoms. The summed E-state index contributed by atoms with van der Waals surface area (Å²) in [4.78, 5) is 23.2. The van der Waals surface area contributed by atoms with E-state index in [1.165, 1.54) is 7.05 Å². The van der Waals surface area contributed by atoms with Crippen LogP contribution in [0.5, 0.6) is 0 Å². The molecule has 0 aliphatic heterocycles. The Morgan fingerprint density at radius 1 is 1.19 bits per heavy atom. The van der Waals surface area contributed by atoms with Crippen LogP contribution >= 0.6 is 12.2 Å². The smallest absolute Gasteiger partial charge is 0.242 e. The Balaban J connectivity index is 4.54. The summed E-state index contributed by atoms with van der Waals surface area (Å²) >= 11 is 4.83. The predicted molar refractivity (Wildman–Crippen MR) is 66.8 cm³/mol.